The van der Waals surface area contributed by atoms with Crippen LogP contribution in [0.4, 0.5) is 0 Å². The quantitative estimate of drug-likeness (QED) is 0.684. The summed E-state index contributed by atoms with van der Waals surface area (Å²) in [6, 6.07) is 0.265. The smallest absolute Gasteiger partial charge is 0.0866 e. The molecule has 12 heavy (non-hydrogen) atoms. The topological polar surface area (TPSA) is 41.2 Å². The molecule has 1 rings (SSSR count). The largest absolute Gasteiger partial charge is 0.380 e. The monoisotopic (exact) mass is 172 g/mol. The Balaban J connectivity index is 2.46. The molecule has 3 atom stereocenters. The number of hydrogen-bond donors (Lipinski definition) is 1. The van der Waals surface area contributed by atoms with E-state index in [0.717, 1.165) is 19.4 Å². The van der Waals surface area contributed by atoms with Gasteiger partial charge in [-0.1, -0.05) is 0 Å². The van der Waals surface area contributed by atoms with Crippen LogP contribution >= 0.6 is 0 Å². The first-order valence-electron chi connectivity index (χ1n) is 4.64. The lowest BCUT2D eigenvalue weighted by Gasteiger charge is -2.34. The summed E-state index contributed by atoms with van der Waals surface area (Å²) in [6.45, 7) is 3.06. The van der Waals surface area contributed by atoms with Crippen molar-refractivity contribution in [2.45, 2.75) is 31.9 Å². The molecule has 0 spiro atoms. The molecule has 71 valence electrons. The average Bonchev–Trinajstić information content (AvgIpc) is 2.16. The van der Waals surface area contributed by atoms with Crippen LogP contribution in [0.3, 0.4) is 0 Å². The highest BCUT2D eigenvalue weighted by Gasteiger charge is 2.28. The molecule has 1 saturated heterocycles. The first-order chi connectivity index (χ1) is 5.79. The minimum absolute atomic E-state index is 0.0192. The molecule has 0 amide bonds. The molecule has 0 aromatic heterocycles. The standard InChI is InChI=1S/C9H18NO2/c1-7(12-2)9-8(6-11)4-3-5-10-9/h7-10H,3-6H2,1-2H3. The first-order valence-corrected chi connectivity index (χ1v) is 4.64. The van der Waals surface area contributed by atoms with Gasteiger partial charge in [0, 0.05) is 19.1 Å². The molecule has 0 aromatic rings. The fourth-order valence-electron chi connectivity index (χ4n) is 1.86. The summed E-state index contributed by atoms with van der Waals surface area (Å²) in [5.74, 6) is 0.258. The van der Waals surface area contributed by atoms with Gasteiger partial charge in [0.1, 0.15) is 0 Å². The highest BCUT2D eigenvalue weighted by molar-refractivity contribution is 4.84. The summed E-state index contributed by atoms with van der Waals surface area (Å²) in [5, 5.41) is 14.2. The van der Waals surface area contributed by atoms with E-state index in [0.29, 0.717) is 0 Å². The fraction of sp³-hybridized carbons (Fsp3) is 1.00. The van der Waals surface area contributed by atoms with Gasteiger partial charge in [-0.3, -0.25) is 0 Å². The predicted octanol–water partition coefficient (Wildman–Crippen LogP) is 0.820. The van der Waals surface area contributed by atoms with Gasteiger partial charge in [-0.15, -0.1) is 0 Å². The zero-order valence-electron chi connectivity index (χ0n) is 7.88. The van der Waals surface area contributed by atoms with Crippen molar-refractivity contribution in [1.82, 2.24) is 5.32 Å². The van der Waals surface area contributed by atoms with Crippen LogP contribution in [-0.4, -0.2) is 32.4 Å². The van der Waals surface area contributed by atoms with E-state index < -0.39 is 0 Å². The summed E-state index contributed by atoms with van der Waals surface area (Å²) in [6.07, 6.45) is 2.33. The maximum Gasteiger partial charge on any atom is 0.0866 e. The molecule has 3 nitrogen and oxygen atoms in total. The lowest BCUT2D eigenvalue weighted by atomic mass is 9.88. The molecular formula is C9H18NO2. The van der Waals surface area contributed by atoms with E-state index >= 15 is 0 Å². The number of hydrogen-bond acceptors (Lipinski definition) is 2. The number of nitrogens with one attached hydrogen (secondary N) is 1. The van der Waals surface area contributed by atoms with E-state index in [1.54, 1.807) is 7.11 Å². The zero-order chi connectivity index (χ0) is 8.97. The van der Waals surface area contributed by atoms with Crippen molar-refractivity contribution in [3.63, 3.8) is 0 Å². The van der Waals surface area contributed by atoms with Gasteiger partial charge in [0.25, 0.3) is 0 Å². The van der Waals surface area contributed by atoms with Crippen LogP contribution in [-0.2, 0) is 9.84 Å². The number of rotatable bonds is 3. The summed E-state index contributed by atoms with van der Waals surface area (Å²) >= 11 is 0. The van der Waals surface area contributed by atoms with Crippen LogP contribution in [0.25, 0.3) is 0 Å². The molecule has 0 saturated carbocycles. The summed E-state index contributed by atoms with van der Waals surface area (Å²) in [5.41, 5.74) is 0. The Labute approximate surface area is 74.1 Å². The minimum Gasteiger partial charge on any atom is -0.380 e. The van der Waals surface area contributed by atoms with E-state index in [9.17, 15) is 5.11 Å². The van der Waals surface area contributed by atoms with E-state index in [4.69, 9.17) is 4.74 Å². The summed E-state index contributed by atoms with van der Waals surface area (Å²) in [7, 11) is 1.70. The third kappa shape index (κ3) is 2.19. The molecule has 0 aromatic carbocycles. The summed E-state index contributed by atoms with van der Waals surface area (Å²) in [4.78, 5) is 0. The molecule has 0 bridgehead atoms. The lowest BCUT2D eigenvalue weighted by molar-refractivity contribution is 0.0191. The molecule has 1 radical (unpaired) electrons. The van der Waals surface area contributed by atoms with Gasteiger partial charge in [-0.2, -0.15) is 0 Å². The fourth-order valence-corrected chi connectivity index (χ4v) is 1.86. The predicted molar refractivity (Wildman–Crippen MR) is 46.5 cm³/mol. The highest BCUT2D eigenvalue weighted by atomic mass is 16.5. The van der Waals surface area contributed by atoms with Crippen LogP contribution < -0.4 is 5.32 Å². The number of methoxy groups -OCH3 is 1. The Morgan fingerprint density at radius 2 is 2.42 bits per heavy atom. The molecule has 3 unspecified atom stereocenters. The average molecular weight is 172 g/mol. The second kappa shape index (κ2) is 4.80. The normalized spacial score (nSPS) is 33.2. The van der Waals surface area contributed by atoms with E-state index in [2.05, 4.69) is 5.32 Å². The van der Waals surface area contributed by atoms with E-state index in [-0.39, 0.29) is 24.7 Å². The van der Waals surface area contributed by atoms with Crippen LogP contribution in [0, 0.1) is 5.92 Å². The molecule has 1 fully saturated rings. The number of ether oxygens (including phenoxy) is 1. The molecular weight excluding hydrogens is 154 g/mol. The van der Waals surface area contributed by atoms with Gasteiger partial charge in [-0.25, -0.2) is 5.11 Å². The highest BCUT2D eigenvalue weighted by Crippen LogP contribution is 2.19. The van der Waals surface area contributed by atoms with Crippen LogP contribution in [0.5, 0.6) is 0 Å². The molecule has 0 aliphatic carbocycles. The minimum atomic E-state index is 0.0192. The Bertz CT molecular complexity index is 130. The van der Waals surface area contributed by atoms with Crippen LogP contribution in [0.15, 0.2) is 0 Å². The Kier molecular flexibility index (Phi) is 3.98. The van der Waals surface area contributed by atoms with Crippen molar-refractivity contribution in [2.75, 3.05) is 20.3 Å². The molecule has 1 heterocycles. The van der Waals surface area contributed by atoms with Gasteiger partial charge < -0.3 is 10.1 Å². The zero-order valence-corrected chi connectivity index (χ0v) is 7.88. The van der Waals surface area contributed by atoms with Gasteiger partial charge in [-0.05, 0) is 26.3 Å². The van der Waals surface area contributed by atoms with Crippen molar-refractivity contribution >= 4 is 0 Å². The van der Waals surface area contributed by atoms with Gasteiger partial charge >= 0.3 is 0 Å². The van der Waals surface area contributed by atoms with Crippen LogP contribution in [0.1, 0.15) is 19.8 Å². The van der Waals surface area contributed by atoms with Crippen molar-refractivity contribution in [3.05, 3.63) is 0 Å². The van der Waals surface area contributed by atoms with Gasteiger partial charge in [0.15, 0.2) is 0 Å². The van der Waals surface area contributed by atoms with Crippen molar-refractivity contribution in [1.29, 1.82) is 0 Å². The number of piperidine rings is 1. The second-order valence-corrected chi connectivity index (χ2v) is 3.49. The molecule has 1 N–H and O–H groups in total. The first kappa shape index (κ1) is 9.96. The van der Waals surface area contributed by atoms with Crippen molar-refractivity contribution < 1.29 is 9.84 Å². The Morgan fingerprint density at radius 3 is 3.00 bits per heavy atom. The molecule has 1 aliphatic rings. The van der Waals surface area contributed by atoms with Crippen molar-refractivity contribution in [3.8, 4) is 0 Å². The Hall–Kier alpha value is -0.120. The third-order valence-electron chi connectivity index (χ3n) is 2.73. The maximum absolute atomic E-state index is 10.8. The van der Waals surface area contributed by atoms with Gasteiger partial charge in [0.2, 0.25) is 0 Å². The maximum atomic E-state index is 10.8. The SMILES string of the molecule is COC(C)C1NCCCC1C[O]. The summed E-state index contributed by atoms with van der Waals surface area (Å²) < 4.78 is 5.22. The van der Waals surface area contributed by atoms with Crippen molar-refractivity contribution in [2.24, 2.45) is 5.92 Å². The second-order valence-electron chi connectivity index (χ2n) is 3.49. The lowest BCUT2D eigenvalue weighted by Crippen LogP contribution is -2.49. The van der Waals surface area contributed by atoms with Gasteiger partial charge in [0.05, 0.1) is 12.7 Å². The molecule has 3 heteroatoms. The Morgan fingerprint density at radius 1 is 1.67 bits per heavy atom. The van der Waals surface area contributed by atoms with E-state index in [1.165, 1.54) is 0 Å². The molecule has 1 aliphatic heterocycles. The third-order valence-corrected chi connectivity index (χ3v) is 2.73. The van der Waals surface area contributed by atoms with Crippen LogP contribution in [0.2, 0.25) is 0 Å². The van der Waals surface area contributed by atoms with E-state index in [1.807, 2.05) is 6.92 Å².